The maximum Gasteiger partial charge on any atom is 0.222 e. The smallest absolute Gasteiger partial charge is 0.222 e. The molecule has 1 aliphatic heterocycles. The summed E-state index contributed by atoms with van der Waals surface area (Å²) < 4.78 is 7.63. The highest BCUT2D eigenvalue weighted by Gasteiger charge is 2.26. The first-order chi connectivity index (χ1) is 14.1. The van der Waals surface area contributed by atoms with E-state index in [0.717, 1.165) is 57.0 Å². The van der Waals surface area contributed by atoms with Crippen LogP contribution in [0.1, 0.15) is 49.2 Å². The maximum absolute atomic E-state index is 12.6. The van der Waals surface area contributed by atoms with Gasteiger partial charge in [0.2, 0.25) is 5.91 Å². The molecule has 4 rings (SSSR count). The predicted octanol–water partition coefficient (Wildman–Crippen LogP) is 4.02. The van der Waals surface area contributed by atoms with Crippen molar-refractivity contribution in [3.63, 3.8) is 0 Å². The zero-order valence-corrected chi connectivity index (χ0v) is 17.8. The Labute approximate surface area is 174 Å². The summed E-state index contributed by atoms with van der Waals surface area (Å²) in [5.41, 5.74) is 2.48. The first-order valence-electron chi connectivity index (χ1n) is 11.0. The molecule has 0 N–H and O–H groups in total. The third kappa shape index (κ3) is 5.20. The molecule has 156 valence electrons. The fourth-order valence-electron chi connectivity index (χ4n) is 4.33. The molecule has 0 spiro atoms. The molecule has 1 aromatic heterocycles. The van der Waals surface area contributed by atoms with Crippen molar-refractivity contribution in [1.82, 2.24) is 14.5 Å². The average Bonchev–Trinajstić information content (AvgIpc) is 3.52. The number of hydrogen-bond donors (Lipinski definition) is 0. The van der Waals surface area contributed by atoms with E-state index in [4.69, 9.17) is 9.72 Å². The molecule has 2 aromatic rings. The van der Waals surface area contributed by atoms with Crippen LogP contribution in [0, 0.1) is 18.8 Å². The molecule has 29 heavy (non-hydrogen) atoms. The number of carbonyl (C=O) groups excluding carboxylic acids is 1. The van der Waals surface area contributed by atoms with E-state index in [2.05, 4.69) is 16.4 Å². The second-order valence-electron chi connectivity index (χ2n) is 8.75. The van der Waals surface area contributed by atoms with Gasteiger partial charge in [-0.25, -0.2) is 4.98 Å². The van der Waals surface area contributed by atoms with Crippen LogP contribution in [-0.2, 0) is 24.2 Å². The van der Waals surface area contributed by atoms with Crippen LogP contribution in [0.25, 0.3) is 0 Å². The van der Waals surface area contributed by atoms with Crippen molar-refractivity contribution in [1.29, 1.82) is 0 Å². The number of methoxy groups -OCH3 is 1. The molecule has 5 heteroatoms. The second-order valence-corrected chi connectivity index (χ2v) is 8.75. The first-order valence-corrected chi connectivity index (χ1v) is 11.0. The van der Waals surface area contributed by atoms with Gasteiger partial charge in [0, 0.05) is 44.4 Å². The molecule has 1 saturated carbocycles. The third-order valence-electron chi connectivity index (χ3n) is 6.50. The molecule has 2 fully saturated rings. The topological polar surface area (TPSA) is 47.4 Å². The van der Waals surface area contributed by atoms with Gasteiger partial charge in [-0.1, -0.05) is 12.1 Å². The second kappa shape index (κ2) is 9.02. The number of imidazole rings is 1. The molecule has 0 unspecified atom stereocenters. The Kier molecular flexibility index (Phi) is 6.22. The number of benzene rings is 1. The van der Waals surface area contributed by atoms with Crippen LogP contribution in [0.4, 0.5) is 0 Å². The number of nitrogens with zero attached hydrogens (tertiary/aromatic N) is 3. The van der Waals surface area contributed by atoms with Gasteiger partial charge in [0.05, 0.1) is 7.11 Å². The van der Waals surface area contributed by atoms with Crippen LogP contribution < -0.4 is 4.74 Å². The van der Waals surface area contributed by atoms with E-state index >= 15 is 0 Å². The van der Waals surface area contributed by atoms with Crippen LogP contribution in [0.2, 0.25) is 0 Å². The zero-order chi connectivity index (χ0) is 20.2. The number of likely N-dealkylation sites (tertiary alicyclic amines) is 1. The number of piperidine rings is 1. The van der Waals surface area contributed by atoms with Gasteiger partial charge in [-0.05, 0) is 68.6 Å². The summed E-state index contributed by atoms with van der Waals surface area (Å²) in [5, 5.41) is 0. The summed E-state index contributed by atoms with van der Waals surface area (Å²) in [6.45, 7) is 5.08. The minimum absolute atomic E-state index is 0.283. The zero-order valence-electron chi connectivity index (χ0n) is 17.8. The number of aromatic nitrogens is 2. The summed E-state index contributed by atoms with van der Waals surface area (Å²) in [5.74, 6) is 3.89. The van der Waals surface area contributed by atoms with Crippen molar-refractivity contribution in [3.8, 4) is 5.75 Å². The monoisotopic (exact) mass is 395 g/mol. The summed E-state index contributed by atoms with van der Waals surface area (Å²) in [7, 11) is 1.67. The molecule has 0 radical (unpaired) electrons. The van der Waals surface area contributed by atoms with E-state index in [1.807, 2.05) is 30.5 Å². The van der Waals surface area contributed by atoms with Crippen LogP contribution in [0.3, 0.4) is 0 Å². The Morgan fingerprint density at radius 3 is 2.48 bits per heavy atom. The molecular weight excluding hydrogens is 362 g/mol. The summed E-state index contributed by atoms with van der Waals surface area (Å²) in [4.78, 5) is 19.4. The van der Waals surface area contributed by atoms with Crippen LogP contribution in [0.15, 0.2) is 30.5 Å². The van der Waals surface area contributed by atoms with Crippen molar-refractivity contribution in [2.24, 2.45) is 11.8 Å². The van der Waals surface area contributed by atoms with Gasteiger partial charge in [-0.15, -0.1) is 0 Å². The van der Waals surface area contributed by atoms with Gasteiger partial charge in [0.15, 0.2) is 0 Å². The van der Waals surface area contributed by atoms with Crippen molar-refractivity contribution in [2.45, 2.75) is 58.4 Å². The van der Waals surface area contributed by atoms with Gasteiger partial charge in [-0.2, -0.15) is 0 Å². The number of amides is 1. The molecule has 1 saturated heterocycles. The molecule has 5 nitrogen and oxygen atoms in total. The van der Waals surface area contributed by atoms with E-state index in [1.54, 1.807) is 7.11 Å². The number of carbonyl (C=O) groups is 1. The Morgan fingerprint density at radius 1 is 1.10 bits per heavy atom. The highest BCUT2D eigenvalue weighted by Crippen LogP contribution is 2.32. The number of aryl methyl sites for hydroxylation is 2. The molecular formula is C24H33N3O2. The van der Waals surface area contributed by atoms with Crippen LogP contribution >= 0.6 is 0 Å². The Morgan fingerprint density at radius 2 is 1.83 bits per heavy atom. The molecule has 2 heterocycles. The fourth-order valence-corrected chi connectivity index (χ4v) is 4.33. The lowest BCUT2D eigenvalue weighted by Crippen LogP contribution is -2.39. The van der Waals surface area contributed by atoms with E-state index in [0.29, 0.717) is 12.3 Å². The third-order valence-corrected chi connectivity index (χ3v) is 6.50. The van der Waals surface area contributed by atoms with Gasteiger partial charge in [0.1, 0.15) is 11.6 Å². The number of ether oxygens (including phenoxy) is 1. The Bertz CT molecular complexity index is 815. The standard InChI is InChI=1S/C24H33N3O2/c1-18-16-25-23(27(18)17-21-3-4-21)15-20-11-13-26(14-12-20)24(28)10-7-19-5-8-22(29-2)9-6-19/h5-6,8-9,16,20-21H,3-4,7,10-15,17H2,1-2H3. The van der Waals surface area contributed by atoms with Crippen molar-refractivity contribution in [2.75, 3.05) is 20.2 Å². The minimum atomic E-state index is 0.283. The minimum Gasteiger partial charge on any atom is -0.497 e. The summed E-state index contributed by atoms with van der Waals surface area (Å²) in [6.07, 6.45) is 9.36. The lowest BCUT2D eigenvalue weighted by Gasteiger charge is -2.32. The molecule has 1 aliphatic carbocycles. The van der Waals surface area contributed by atoms with Gasteiger partial charge in [0.25, 0.3) is 0 Å². The van der Waals surface area contributed by atoms with Crippen molar-refractivity contribution in [3.05, 3.63) is 47.5 Å². The Hall–Kier alpha value is -2.30. The van der Waals surface area contributed by atoms with Crippen LogP contribution in [0.5, 0.6) is 5.75 Å². The average molecular weight is 396 g/mol. The number of rotatable bonds is 8. The lowest BCUT2D eigenvalue weighted by molar-refractivity contribution is -0.132. The summed E-state index contributed by atoms with van der Waals surface area (Å²) >= 11 is 0. The predicted molar refractivity (Wildman–Crippen MR) is 114 cm³/mol. The molecule has 2 aliphatic rings. The molecule has 0 bridgehead atoms. The lowest BCUT2D eigenvalue weighted by atomic mass is 9.93. The van der Waals surface area contributed by atoms with Gasteiger partial charge >= 0.3 is 0 Å². The Balaban J connectivity index is 1.23. The van der Waals surface area contributed by atoms with E-state index in [1.165, 1.54) is 29.9 Å². The summed E-state index contributed by atoms with van der Waals surface area (Å²) in [6, 6.07) is 8.01. The van der Waals surface area contributed by atoms with Crippen molar-refractivity contribution < 1.29 is 9.53 Å². The van der Waals surface area contributed by atoms with Gasteiger partial charge in [-0.3, -0.25) is 4.79 Å². The molecule has 1 amide bonds. The van der Waals surface area contributed by atoms with E-state index < -0.39 is 0 Å². The fraction of sp³-hybridized carbons (Fsp3) is 0.583. The quantitative estimate of drug-likeness (QED) is 0.678. The number of hydrogen-bond acceptors (Lipinski definition) is 3. The normalized spacial score (nSPS) is 17.5. The van der Waals surface area contributed by atoms with Gasteiger partial charge < -0.3 is 14.2 Å². The molecule has 0 atom stereocenters. The van der Waals surface area contributed by atoms with Crippen LogP contribution in [-0.4, -0.2) is 40.6 Å². The SMILES string of the molecule is COc1ccc(CCC(=O)N2CCC(Cc3ncc(C)n3CC3CC3)CC2)cc1. The van der Waals surface area contributed by atoms with E-state index in [9.17, 15) is 4.79 Å². The first kappa shape index (κ1) is 20.0. The maximum atomic E-state index is 12.6. The highest BCUT2D eigenvalue weighted by atomic mass is 16.5. The largest absolute Gasteiger partial charge is 0.497 e. The molecule has 1 aromatic carbocycles. The van der Waals surface area contributed by atoms with Crippen molar-refractivity contribution >= 4 is 5.91 Å². The highest BCUT2D eigenvalue weighted by molar-refractivity contribution is 5.76. The van der Waals surface area contributed by atoms with E-state index in [-0.39, 0.29) is 5.91 Å².